The summed E-state index contributed by atoms with van der Waals surface area (Å²) < 4.78 is 5.04. The average Bonchev–Trinajstić information content (AvgIpc) is 2.21. The minimum absolute atomic E-state index is 0.0106. The number of carbonyl (C=O) groups is 2. The fourth-order valence-corrected chi connectivity index (χ4v) is 2.08. The van der Waals surface area contributed by atoms with Crippen LogP contribution in [0.15, 0.2) is 0 Å². The van der Waals surface area contributed by atoms with Crippen molar-refractivity contribution < 1.29 is 19.4 Å². The van der Waals surface area contributed by atoms with Crippen molar-refractivity contribution in [2.24, 2.45) is 0 Å². The molecule has 0 bridgehead atoms. The molecule has 0 aromatic heterocycles. The quantitative estimate of drug-likeness (QED) is 0.787. The molecule has 2 N–H and O–H groups in total. The van der Waals surface area contributed by atoms with E-state index in [4.69, 9.17) is 9.84 Å². The van der Waals surface area contributed by atoms with Crippen molar-refractivity contribution in [1.82, 2.24) is 5.32 Å². The van der Waals surface area contributed by atoms with E-state index in [1.165, 1.54) is 11.8 Å². The van der Waals surface area contributed by atoms with Crippen molar-refractivity contribution in [2.45, 2.75) is 64.4 Å². The lowest BCUT2D eigenvalue weighted by Crippen LogP contribution is -2.45. The SMILES string of the molecule is CCC(C)(C)SC[C@H](NC(=O)OC(C)(C)C)C(=O)O. The monoisotopic (exact) mass is 291 g/mol. The molecule has 0 heterocycles. The number of aliphatic carboxylic acids is 1. The van der Waals surface area contributed by atoms with Crippen LogP contribution in [-0.4, -0.2) is 39.3 Å². The van der Waals surface area contributed by atoms with Crippen LogP contribution in [0.2, 0.25) is 0 Å². The lowest BCUT2D eigenvalue weighted by Gasteiger charge is -2.25. The third kappa shape index (κ3) is 8.75. The van der Waals surface area contributed by atoms with Gasteiger partial charge in [-0.2, -0.15) is 11.8 Å². The van der Waals surface area contributed by atoms with Gasteiger partial charge < -0.3 is 15.2 Å². The molecule has 0 saturated carbocycles. The molecule has 0 radical (unpaired) electrons. The number of carbonyl (C=O) groups excluding carboxylic acids is 1. The summed E-state index contributed by atoms with van der Waals surface area (Å²) >= 11 is 1.52. The number of ether oxygens (including phenoxy) is 1. The molecule has 0 aliphatic heterocycles. The topological polar surface area (TPSA) is 75.6 Å². The van der Waals surface area contributed by atoms with Crippen molar-refractivity contribution in [3.63, 3.8) is 0 Å². The minimum atomic E-state index is -1.05. The smallest absolute Gasteiger partial charge is 0.408 e. The van der Waals surface area contributed by atoms with Gasteiger partial charge in [0.2, 0.25) is 0 Å². The Morgan fingerprint density at radius 1 is 1.26 bits per heavy atom. The molecule has 5 nitrogen and oxygen atoms in total. The van der Waals surface area contributed by atoms with Gasteiger partial charge in [0.05, 0.1) is 0 Å². The van der Waals surface area contributed by atoms with Crippen LogP contribution in [0, 0.1) is 0 Å². The predicted octanol–water partition coefficient (Wildman–Crippen LogP) is 2.89. The van der Waals surface area contributed by atoms with Crippen molar-refractivity contribution in [3.05, 3.63) is 0 Å². The Kier molecular flexibility index (Phi) is 6.69. The molecule has 0 aliphatic rings. The molecule has 0 spiro atoms. The molecule has 0 saturated heterocycles. The van der Waals surface area contributed by atoms with E-state index in [1.807, 2.05) is 20.8 Å². The zero-order valence-corrected chi connectivity index (χ0v) is 13.4. The summed E-state index contributed by atoms with van der Waals surface area (Å²) in [5.41, 5.74) is -0.636. The summed E-state index contributed by atoms with van der Waals surface area (Å²) in [7, 11) is 0. The minimum Gasteiger partial charge on any atom is -0.480 e. The van der Waals surface area contributed by atoms with E-state index in [0.29, 0.717) is 5.75 Å². The Balaban J connectivity index is 4.43. The van der Waals surface area contributed by atoms with Gasteiger partial charge in [0, 0.05) is 10.5 Å². The third-order valence-electron chi connectivity index (χ3n) is 2.48. The summed E-state index contributed by atoms with van der Waals surface area (Å²) in [6.45, 7) is 11.3. The second-order valence-electron chi connectivity index (χ2n) is 5.96. The highest BCUT2D eigenvalue weighted by molar-refractivity contribution is 8.00. The highest BCUT2D eigenvalue weighted by Crippen LogP contribution is 2.28. The van der Waals surface area contributed by atoms with Crippen molar-refractivity contribution in [1.29, 1.82) is 0 Å². The maximum Gasteiger partial charge on any atom is 0.408 e. The van der Waals surface area contributed by atoms with Crippen LogP contribution < -0.4 is 5.32 Å². The predicted molar refractivity (Wildman–Crippen MR) is 77.6 cm³/mol. The number of hydrogen-bond acceptors (Lipinski definition) is 4. The van der Waals surface area contributed by atoms with Crippen molar-refractivity contribution in [2.75, 3.05) is 5.75 Å². The highest BCUT2D eigenvalue weighted by Gasteiger charge is 2.26. The van der Waals surface area contributed by atoms with Gasteiger partial charge in [-0.25, -0.2) is 9.59 Å². The Morgan fingerprint density at radius 3 is 2.16 bits per heavy atom. The molecule has 0 fully saturated rings. The maximum absolute atomic E-state index is 11.6. The van der Waals surface area contributed by atoms with Gasteiger partial charge in [-0.05, 0) is 27.2 Å². The van der Waals surface area contributed by atoms with E-state index < -0.39 is 23.7 Å². The fourth-order valence-electron chi connectivity index (χ4n) is 1.04. The molecule has 0 aliphatic carbocycles. The fraction of sp³-hybridized carbons (Fsp3) is 0.846. The van der Waals surface area contributed by atoms with Crippen LogP contribution in [0.3, 0.4) is 0 Å². The van der Waals surface area contributed by atoms with Gasteiger partial charge in [0.25, 0.3) is 0 Å². The van der Waals surface area contributed by atoms with Gasteiger partial charge in [-0.15, -0.1) is 0 Å². The summed E-state index contributed by atoms with van der Waals surface area (Å²) in [5.74, 6) is -0.736. The van der Waals surface area contributed by atoms with E-state index in [2.05, 4.69) is 5.32 Å². The first-order chi connectivity index (χ1) is 8.47. The first-order valence-electron chi connectivity index (χ1n) is 6.33. The van der Waals surface area contributed by atoms with E-state index in [0.717, 1.165) is 6.42 Å². The lowest BCUT2D eigenvalue weighted by molar-refractivity contribution is -0.138. The van der Waals surface area contributed by atoms with Crippen molar-refractivity contribution in [3.8, 4) is 0 Å². The Labute approximate surface area is 119 Å². The number of rotatable bonds is 6. The van der Waals surface area contributed by atoms with Crippen LogP contribution in [0.1, 0.15) is 48.0 Å². The lowest BCUT2D eigenvalue weighted by atomic mass is 10.1. The number of alkyl carbamates (subject to hydrolysis) is 1. The van der Waals surface area contributed by atoms with Crippen LogP contribution in [-0.2, 0) is 9.53 Å². The van der Waals surface area contributed by atoms with Crippen LogP contribution in [0.25, 0.3) is 0 Å². The molecule has 1 amide bonds. The Morgan fingerprint density at radius 2 is 1.79 bits per heavy atom. The summed E-state index contributed by atoms with van der Waals surface area (Å²) in [4.78, 5) is 22.7. The first-order valence-corrected chi connectivity index (χ1v) is 7.31. The highest BCUT2D eigenvalue weighted by atomic mass is 32.2. The molecule has 0 rings (SSSR count). The zero-order chi connectivity index (χ0) is 15.3. The van der Waals surface area contributed by atoms with Gasteiger partial charge in [-0.1, -0.05) is 20.8 Å². The maximum atomic E-state index is 11.6. The molecule has 6 heteroatoms. The largest absolute Gasteiger partial charge is 0.480 e. The molecular formula is C13H25NO4S. The summed E-state index contributed by atoms with van der Waals surface area (Å²) in [6, 6.07) is -0.939. The van der Waals surface area contributed by atoms with Crippen LogP contribution in [0.5, 0.6) is 0 Å². The summed E-state index contributed by atoms with van der Waals surface area (Å²) in [5, 5.41) is 11.5. The number of carboxylic acid groups (broad SMARTS) is 1. The van der Waals surface area contributed by atoms with Gasteiger partial charge in [0.15, 0.2) is 0 Å². The van der Waals surface area contributed by atoms with E-state index in [1.54, 1.807) is 20.8 Å². The van der Waals surface area contributed by atoms with Gasteiger partial charge >= 0.3 is 12.1 Å². The molecule has 19 heavy (non-hydrogen) atoms. The molecule has 112 valence electrons. The molecule has 1 atom stereocenters. The Bertz CT molecular complexity index is 323. The Hall–Kier alpha value is -0.910. The molecule has 0 unspecified atom stereocenters. The standard InChI is InChI=1S/C13H25NO4S/c1-7-13(5,6)19-8-9(10(15)16)14-11(17)18-12(2,3)4/h9H,7-8H2,1-6H3,(H,14,17)(H,15,16)/t9-/m0/s1. The number of carboxylic acids is 1. The second-order valence-corrected chi connectivity index (χ2v) is 7.69. The van der Waals surface area contributed by atoms with Gasteiger partial charge in [0.1, 0.15) is 11.6 Å². The number of amides is 1. The van der Waals surface area contributed by atoms with Crippen molar-refractivity contribution >= 4 is 23.8 Å². The van der Waals surface area contributed by atoms with E-state index >= 15 is 0 Å². The number of hydrogen-bond donors (Lipinski definition) is 2. The van der Waals surface area contributed by atoms with Crippen LogP contribution in [0.4, 0.5) is 4.79 Å². The van der Waals surface area contributed by atoms with Crippen LogP contribution >= 0.6 is 11.8 Å². The second kappa shape index (κ2) is 7.03. The molecule has 0 aromatic carbocycles. The van der Waals surface area contributed by atoms with E-state index in [-0.39, 0.29) is 4.75 Å². The normalized spacial score (nSPS) is 13.8. The number of thioether (sulfide) groups is 1. The summed E-state index contributed by atoms with van der Waals surface area (Å²) in [6.07, 6.45) is 0.228. The van der Waals surface area contributed by atoms with Gasteiger partial charge in [-0.3, -0.25) is 0 Å². The molecule has 0 aromatic rings. The van der Waals surface area contributed by atoms with E-state index in [9.17, 15) is 9.59 Å². The zero-order valence-electron chi connectivity index (χ0n) is 12.6. The average molecular weight is 291 g/mol. The third-order valence-corrected chi connectivity index (χ3v) is 4.05. The number of nitrogens with one attached hydrogen (secondary N) is 1. The first kappa shape index (κ1) is 18.1. The molecular weight excluding hydrogens is 266 g/mol.